The molecule has 1 heterocycles. The maximum Gasteiger partial charge on any atom is 0.308 e. The molecule has 2 unspecified atom stereocenters. The number of carboxylic acid groups (broad SMARTS) is 1. The van der Waals surface area contributed by atoms with Crippen molar-refractivity contribution in [3.63, 3.8) is 0 Å². The maximum atomic E-state index is 12.1. The van der Waals surface area contributed by atoms with E-state index in [2.05, 4.69) is 5.32 Å². The van der Waals surface area contributed by atoms with Gasteiger partial charge in [0, 0.05) is 13.2 Å². The molecular weight excluding hydrogens is 310 g/mol. The number of benzene rings is 1. The summed E-state index contributed by atoms with van der Waals surface area (Å²) in [5, 5.41) is 12.2. The molecule has 1 amide bonds. The zero-order valence-electron chi connectivity index (χ0n) is 14.0. The summed E-state index contributed by atoms with van der Waals surface area (Å²) in [6.07, 6.45) is 2.03. The number of hydrogen-bond acceptors (Lipinski definition) is 4. The van der Waals surface area contributed by atoms with Crippen molar-refractivity contribution >= 4 is 11.9 Å². The standard InChI is InChI=1S/C18H25NO5/c1-2-24-16-7-5-13(6-8-16)10-15(18(21)22)11-19-17(20)14-4-3-9-23-12-14/h5-8,14-15H,2-4,9-12H2,1H3,(H,19,20)(H,21,22). The minimum absolute atomic E-state index is 0.118. The second kappa shape index (κ2) is 9.27. The van der Waals surface area contributed by atoms with Crippen molar-refractivity contribution in [1.29, 1.82) is 0 Å². The predicted octanol–water partition coefficient (Wildman–Crippen LogP) is 1.87. The largest absolute Gasteiger partial charge is 0.494 e. The highest BCUT2D eigenvalue weighted by Gasteiger charge is 2.24. The van der Waals surface area contributed by atoms with Crippen LogP contribution in [0.3, 0.4) is 0 Å². The highest BCUT2D eigenvalue weighted by Crippen LogP contribution is 2.16. The molecule has 6 nitrogen and oxygen atoms in total. The van der Waals surface area contributed by atoms with Crippen LogP contribution >= 0.6 is 0 Å². The number of hydrogen-bond donors (Lipinski definition) is 2. The van der Waals surface area contributed by atoms with Crippen LogP contribution in [-0.4, -0.2) is 43.3 Å². The molecule has 0 spiro atoms. The first kappa shape index (κ1) is 18.3. The Morgan fingerprint density at radius 2 is 2.12 bits per heavy atom. The summed E-state index contributed by atoms with van der Waals surface area (Å²) in [6, 6.07) is 7.38. The van der Waals surface area contributed by atoms with Gasteiger partial charge in [0.05, 0.1) is 25.0 Å². The van der Waals surface area contributed by atoms with Gasteiger partial charge in [-0.25, -0.2) is 0 Å². The number of aliphatic carboxylic acids is 1. The Morgan fingerprint density at radius 3 is 2.71 bits per heavy atom. The summed E-state index contributed by atoms with van der Waals surface area (Å²) in [5.74, 6) is -1.09. The van der Waals surface area contributed by atoms with Gasteiger partial charge in [0.15, 0.2) is 0 Å². The fraction of sp³-hybridized carbons (Fsp3) is 0.556. The second-order valence-electron chi connectivity index (χ2n) is 5.98. The lowest BCUT2D eigenvalue weighted by Crippen LogP contribution is -2.40. The summed E-state index contributed by atoms with van der Waals surface area (Å²) in [6.45, 7) is 3.74. The van der Waals surface area contributed by atoms with E-state index in [1.54, 1.807) is 0 Å². The molecule has 0 aromatic heterocycles. The van der Waals surface area contributed by atoms with Gasteiger partial charge in [-0.05, 0) is 43.9 Å². The van der Waals surface area contributed by atoms with Crippen molar-refractivity contribution in [1.82, 2.24) is 5.32 Å². The maximum absolute atomic E-state index is 12.1. The lowest BCUT2D eigenvalue weighted by Gasteiger charge is -2.22. The van der Waals surface area contributed by atoms with Gasteiger partial charge >= 0.3 is 5.97 Å². The predicted molar refractivity (Wildman–Crippen MR) is 89.0 cm³/mol. The van der Waals surface area contributed by atoms with E-state index < -0.39 is 11.9 Å². The van der Waals surface area contributed by atoms with Gasteiger partial charge in [-0.3, -0.25) is 9.59 Å². The molecule has 0 radical (unpaired) electrons. The number of nitrogens with one attached hydrogen (secondary N) is 1. The first-order valence-corrected chi connectivity index (χ1v) is 8.40. The molecule has 2 rings (SSSR count). The minimum Gasteiger partial charge on any atom is -0.494 e. The third-order valence-electron chi connectivity index (χ3n) is 4.12. The van der Waals surface area contributed by atoms with E-state index in [0.717, 1.165) is 24.2 Å². The first-order chi connectivity index (χ1) is 11.6. The Morgan fingerprint density at radius 1 is 1.38 bits per heavy atom. The van der Waals surface area contributed by atoms with Gasteiger partial charge in [0.1, 0.15) is 5.75 Å². The van der Waals surface area contributed by atoms with Gasteiger partial charge in [-0.2, -0.15) is 0 Å². The highest BCUT2D eigenvalue weighted by molar-refractivity contribution is 5.79. The SMILES string of the molecule is CCOc1ccc(CC(CNC(=O)C2CCCOC2)C(=O)O)cc1. The third-order valence-corrected chi connectivity index (χ3v) is 4.12. The second-order valence-corrected chi connectivity index (χ2v) is 5.98. The molecule has 1 fully saturated rings. The van der Waals surface area contributed by atoms with Crippen LogP contribution in [0.4, 0.5) is 0 Å². The normalized spacial score (nSPS) is 18.6. The molecule has 1 saturated heterocycles. The summed E-state index contributed by atoms with van der Waals surface area (Å²) >= 11 is 0. The fourth-order valence-corrected chi connectivity index (χ4v) is 2.74. The van der Waals surface area contributed by atoms with Crippen molar-refractivity contribution in [2.75, 3.05) is 26.4 Å². The Balaban J connectivity index is 1.87. The zero-order valence-corrected chi connectivity index (χ0v) is 14.0. The van der Waals surface area contributed by atoms with Crippen LogP contribution < -0.4 is 10.1 Å². The van der Waals surface area contributed by atoms with Crippen LogP contribution in [0.1, 0.15) is 25.3 Å². The highest BCUT2D eigenvalue weighted by atomic mass is 16.5. The van der Waals surface area contributed by atoms with E-state index in [0.29, 0.717) is 26.2 Å². The quantitative estimate of drug-likeness (QED) is 0.757. The van der Waals surface area contributed by atoms with Gasteiger partial charge in [-0.1, -0.05) is 12.1 Å². The molecule has 0 saturated carbocycles. The average molecular weight is 335 g/mol. The molecule has 1 aliphatic heterocycles. The van der Waals surface area contributed by atoms with Crippen LogP contribution in [0.15, 0.2) is 24.3 Å². The van der Waals surface area contributed by atoms with E-state index in [4.69, 9.17) is 9.47 Å². The summed E-state index contributed by atoms with van der Waals surface area (Å²) < 4.78 is 10.7. The molecule has 1 aliphatic rings. The van der Waals surface area contributed by atoms with Crippen LogP contribution in [0, 0.1) is 11.8 Å². The summed E-state index contributed by atoms with van der Waals surface area (Å²) in [4.78, 5) is 23.6. The van der Waals surface area contributed by atoms with Gasteiger partial charge in [0.25, 0.3) is 0 Å². The number of amides is 1. The van der Waals surface area contributed by atoms with E-state index >= 15 is 0 Å². The smallest absolute Gasteiger partial charge is 0.308 e. The zero-order chi connectivity index (χ0) is 17.4. The lowest BCUT2D eigenvalue weighted by molar-refractivity contribution is -0.141. The minimum atomic E-state index is -0.913. The van der Waals surface area contributed by atoms with E-state index in [-0.39, 0.29) is 18.4 Å². The Kier molecular flexibility index (Phi) is 7.06. The molecule has 132 valence electrons. The molecule has 1 aromatic carbocycles. The molecule has 6 heteroatoms. The van der Waals surface area contributed by atoms with Gasteiger partial charge < -0.3 is 19.9 Å². The number of carbonyl (C=O) groups is 2. The molecule has 2 atom stereocenters. The summed E-state index contributed by atoms with van der Waals surface area (Å²) in [7, 11) is 0. The van der Waals surface area contributed by atoms with Gasteiger partial charge in [-0.15, -0.1) is 0 Å². The number of ether oxygens (including phenoxy) is 2. The molecule has 0 bridgehead atoms. The molecule has 0 aliphatic carbocycles. The van der Waals surface area contributed by atoms with E-state index in [1.807, 2.05) is 31.2 Å². The Bertz CT molecular complexity index is 537. The fourth-order valence-electron chi connectivity index (χ4n) is 2.74. The van der Waals surface area contributed by atoms with Crippen LogP contribution in [0.2, 0.25) is 0 Å². The third kappa shape index (κ3) is 5.53. The molecule has 24 heavy (non-hydrogen) atoms. The Labute approximate surface area is 142 Å². The number of carboxylic acids is 1. The van der Waals surface area contributed by atoms with Crippen LogP contribution in [-0.2, 0) is 20.7 Å². The monoisotopic (exact) mass is 335 g/mol. The lowest BCUT2D eigenvalue weighted by atomic mass is 9.98. The number of rotatable bonds is 8. The van der Waals surface area contributed by atoms with E-state index in [1.165, 1.54) is 0 Å². The van der Waals surface area contributed by atoms with Gasteiger partial charge in [0.2, 0.25) is 5.91 Å². The molecule has 2 N–H and O–H groups in total. The number of carbonyl (C=O) groups excluding carboxylic acids is 1. The molecule has 1 aromatic rings. The first-order valence-electron chi connectivity index (χ1n) is 8.40. The van der Waals surface area contributed by atoms with Crippen molar-refractivity contribution in [3.8, 4) is 5.75 Å². The Hall–Kier alpha value is -2.08. The van der Waals surface area contributed by atoms with E-state index in [9.17, 15) is 14.7 Å². The van der Waals surface area contributed by atoms with Crippen LogP contribution in [0.25, 0.3) is 0 Å². The summed E-state index contributed by atoms with van der Waals surface area (Å²) in [5.41, 5.74) is 0.904. The van der Waals surface area contributed by atoms with Crippen molar-refractivity contribution in [2.45, 2.75) is 26.2 Å². The molecular formula is C18H25NO5. The van der Waals surface area contributed by atoms with Crippen molar-refractivity contribution in [3.05, 3.63) is 29.8 Å². The van der Waals surface area contributed by atoms with Crippen LogP contribution in [0.5, 0.6) is 5.75 Å². The average Bonchev–Trinajstić information content (AvgIpc) is 2.60. The van der Waals surface area contributed by atoms with Crippen molar-refractivity contribution in [2.24, 2.45) is 11.8 Å². The van der Waals surface area contributed by atoms with Crippen molar-refractivity contribution < 1.29 is 24.2 Å². The topological polar surface area (TPSA) is 84.9 Å².